The number of nitrogens with one attached hydrogen (secondary N) is 1. The van der Waals surface area contributed by atoms with E-state index in [0.717, 1.165) is 12.8 Å². The Labute approximate surface area is 121 Å². The van der Waals surface area contributed by atoms with E-state index in [4.69, 9.17) is 9.84 Å². The number of amides is 1. The van der Waals surface area contributed by atoms with Crippen LogP contribution in [0.5, 0.6) is 0 Å². The molecule has 0 saturated heterocycles. The largest absolute Gasteiger partial charge is 0.476 e. The summed E-state index contributed by atoms with van der Waals surface area (Å²) in [6.07, 6.45) is 5.85. The molecule has 2 rings (SSSR count). The van der Waals surface area contributed by atoms with E-state index in [1.807, 2.05) is 0 Å². The minimum atomic E-state index is -1.06. The van der Waals surface area contributed by atoms with Crippen molar-refractivity contribution in [3.8, 4) is 0 Å². The summed E-state index contributed by atoms with van der Waals surface area (Å²) in [6.45, 7) is 0.298. The van der Waals surface area contributed by atoms with E-state index in [0.29, 0.717) is 5.01 Å². The number of aromatic nitrogens is 1. The molecule has 0 atom stereocenters. The van der Waals surface area contributed by atoms with Gasteiger partial charge in [0.25, 0.3) is 0 Å². The molecule has 7 heteroatoms. The molecule has 1 aromatic heterocycles. The van der Waals surface area contributed by atoms with Crippen molar-refractivity contribution in [3.63, 3.8) is 0 Å². The summed E-state index contributed by atoms with van der Waals surface area (Å²) in [6, 6.07) is 0. The summed E-state index contributed by atoms with van der Waals surface area (Å²) in [5, 5.41) is 13.5. The maximum Gasteiger partial charge on any atom is 0.355 e. The fourth-order valence-corrected chi connectivity index (χ4v) is 2.85. The van der Waals surface area contributed by atoms with Crippen LogP contribution in [0.3, 0.4) is 0 Å². The van der Waals surface area contributed by atoms with Crippen molar-refractivity contribution in [3.05, 3.63) is 16.1 Å². The molecule has 0 bridgehead atoms. The Morgan fingerprint density at radius 3 is 2.80 bits per heavy atom. The fourth-order valence-electron chi connectivity index (χ4n) is 2.14. The van der Waals surface area contributed by atoms with Crippen LogP contribution in [0.15, 0.2) is 5.38 Å². The smallest absolute Gasteiger partial charge is 0.355 e. The van der Waals surface area contributed by atoms with E-state index in [9.17, 15) is 9.59 Å². The Kier molecular flexibility index (Phi) is 5.49. The summed E-state index contributed by atoms with van der Waals surface area (Å²) in [4.78, 5) is 26.2. The van der Waals surface area contributed by atoms with Crippen LogP contribution >= 0.6 is 11.3 Å². The van der Waals surface area contributed by atoms with E-state index in [-0.39, 0.29) is 30.9 Å². The third kappa shape index (κ3) is 4.57. The first-order valence-corrected chi connectivity index (χ1v) is 7.59. The van der Waals surface area contributed by atoms with E-state index in [2.05, 4.69) is 10.3 Å². The number of rotatable bonds is 6. The number of ether oxygens (including phenoxy) is 1. The van der Waals surface area contributed by atoms with Crippen molar-refractivity contribution in [2.75, 3.05) is 6.61 Å². The number of hydrogen-bond acceptors (Lipinski definition) is 5. The van der Waals surface area contributed by atoms with E-state index < -0.39 is 5.97 Å². The third-order valence-corrected chi connectivity index (χ3v) is 4.06. The molecular formula is C13H18N2O4S. The van der Waals surface area contributed by atoms with Gasteiger partial charge in [-0.05, 0) is 12.8 Å². The van der Waals surface area contributed by atoms with Crippen LogP contribution in [-0.2, 0) is 16.1 Å². The molecule has 1 fully saturated rings. The average Bonchev–Trinajstić information content (AvgIpc) is 2.93. The van der Waals surface area contributed by atoms with Crippen LogP contribution < -0.4 is 5.32 Å². The minimum Gasteiger partial charge on any atom is -0.476 e. The zero-order chi connectivity index (χ0) is 14.4. The van der Waals surface area contributed by atoms with Gasteiger partial charge in [-0.25, -0.2) is 9.78 Å². The predicted octanol–water partition coefficient (Wildman–Crippen LogP) is 1.81. The Hall–Kier alpha value is -1.47. The normalized spacial score (nSPS) is 16.0. The summed E-state index contributed by atoms with van der Waals surface area (Å²) in [5.41, 5.74) is 0.0118. The Balaban J connectivity index is 1.67. The van der Waals surface area contributed by atoms with Crippen LogP contribution in [-0.4, -0.2) is 34.7 Å². The summed E-state index contributed by atoms with van der Waals surface area (Å²) >= 11 is 1.22. The zero-order valence-corrected chi connectivity index (χ0v) is 11.9. The second-order valence-corrected chi connectivity index (χ2v) is 5.72. The van der Waals surface area contributed by atoms with E-state index in [1.54, 1.807) is 0 Å². The third-order valence-electron chi connectivity index (χ3n) is 3.21. The molecule has 20 heavy (non-hydrogen) atoms. The number of carboxylic acids is 1. The van der Waals surface area contributed by atoms with Gasteiger partial charge in [0.1, 0.15) is 11.6 Å². The lowest BCUT2D eigenvalue weighted by molar-refractivity contribution is -0.128. The SMILES string of the molecule is O=C(COC1CCCCC1)NCc1nc(C(=O)O)cs1. The Morgan fingerprint density at radius 1 is 1.40 bits per heavy atom. The van der Waals surface area contributed by atoms with Crippen molar-refractivity contribution < 1.29 is 19.4 Å². The highest BCUT2D eigenvalue weighted by molar-refractivity contribution is 7.09. The first-order valence-electron chi connectivity index (χ1n) is 6.71. The van der Waals surface area contributed by atoms with Crippen LogP contribution in [0, 0.1) is 0 Å². The maximum atomic E-state index is 11.6. The van der Waals surface area contributed by atoms with Gasteiger partial charge in [-0.15, -0.1) is 11.3 Å². The standard InChI is InChI=1S/C13H18N2O4S/c16-11(7-19-9-4-2-1-3-5-9)14-6-12-15-10(8-20-12)13(17)18/h8-9H,1-7H2,(H,14,16)(H,17,18). The van der Waals surface area contributed by atoms with Gasteiger partial charge in [-0.3, -0.25) is 4.79 Å². The number of carboxylic acid groups (broad SMARTS) is 1. The van der Waals surface area contributed by atoms with E-state index in [1.165, 1.54) is 36.0 Å². The second-order valence-electron chi connectivity index (χ2n) is 4.78. The predicted molar refractivity (Wildman–Crippen MR) is 73.7 cm³/mol. The average molecular weight is 298 g/mol. The monoisotopic (exact) mass is 298 g/mol. The second kappa shape index (κ2) is 7.35. The van der Waals surface area contributed by atoms with Gasteiger partial charge in [0.15, 0.2) is 5.69 Å². The highest BCUT2D eigenvalue weighted by Crippen LogP contribution is 2.19. The Morgan fingerprint density at radius 2 is 2.15 bits per heavy atom. The quantitative estimate of drug-likeness (QED) is 0.836. The van der Waals surface area contributed by atoms with Gasteiger partial charge in [0.2, 0.25) is 5.91 Å². The van der Waals surface area contributed by atoms with Gasteiger partial charge in [-0.1, -0.05) is 19.3 Å². The number of nitrogens with zero attached hydrogens (tertiary/aromatic N) is 1. The molecule has 1 aromatic rings. The highest BCUT2D eigenvalue weighted by atomic mass is 32.1. The molecule has 1 heterocycles. The maximum absolute atomic E-state index is 11.6. The number of aromatic carboxylic acids is 1. The van der Waals surface area contributed by atoms with Crippen molar-refractivity contribution in [2.45, 2.75) is 44.8 Å². The van der Waals surface area contributed by atoms with E-state index >= 15 is 0 Å². The molecule has 0 unspecified atom stereocenters. The van der Waals surface area contributed by atoms with Crippen molar-refractivity contribution >= 4 is 23.2 Å². The Bertz CT molecular complexity index is 469. The van der Waals surface area contributed by atoms with Gasteiger partial charge >= 0.3 is 5.97 Å². The molecule has 1 aliphatic carbocycles. The molecule has 2 N–H and O–H groups in total. The lowest BCUT2D eigenvalue weighted by Gasteiger charge is -2.21. The van der Waals surface area contributed by atoms with Crippen LogP contribution in [0.1, 0.15) is 47.6 Å². The first-order chi connectivity index (χ1) is 9.65. The molecule has 6 nitrogen and oxygen atoms in total. The lowest BCUT2D eigenvalue weighted by Crippen LogP contribution is -2.30. The first kappa shape index (κ1) is 14.9. The van der Waals surface area contributed by atoms with Crippen LogP contribution in [0.4, 0.5) is 0 Å². The number of thiazole rings is 1. The van der Waals surface area contributed by atoms with Crippen molar-refractivity contribution in [2.24, 2.45) is 0 Å². The summed E-state index contributed by atoms with van der Waals surface area (Å²) < 4.78 is 5.55. The lowest BCUT2D eigenvalue weighted by atomic mass is 9.98. The molecular weight excluding hydrogens is 280 g/mol. The van der Waals surface area contributed by atoms with Crippen LogP contribution in [0.25, 0.3) is 0 Å². The zero-order valence-electron chi connectivity index (χ0n) is 11.1. The molecule has 1 aliphatic rings. The fraction of sp³-hybridized carbons (Fsp3) is 0.615. The minimum absolute atomic E-state index is 0.0118. The number of hydrogen-bond donors (Lipinski definition) is 2. The van der Waals surface area contributed by atoms with Crippen LogP contribution in [0.2, 0.25) is 0 Å². The van der Waals surface area contributed by atoms with Gasteiger partial charge in [0, 0.05) is 5.38 Å². The molecule has 110 valence electrons. The molecule has 0 aromatic carbocycles. The van der Waals surface area contributed by atoms with Crippen molar-refractivity contribution in [1.82, 2.24) is 10.3 Å². The van der Waals surface area contributed by atoms with Crippen molar-refractivity contribution in [1.29, 1.82) is 0 Å². The summed E-state index contributed by atoms with van der Waals surface area (Å²) in [5.74, 6) is -1.25. The molecule has 0 aliphatic heterocycles. The van der Waals surface area contributed by atoms with Gasteiger partial charge < -0.3 is 15.2 Å². The van der Waals surface area contributed by atoms with Gasteiger partial charge in [0.05, 0.1) is 12.6 Å². The number of carbonyl (C=O) groups excluding carboxylic acids is 1. The highest BCUT2D eigenvalue weighted by Gasteiger charge is 2.15. The molecule has 1 amide bonds. The summed E-state index contributed by atoms with van der Waals surface area (Å²) in [7, 11) is 0. The number of carbonyl (C=O) groups is 2. The molecule has 1 saturated carbocycles. The molecule has 0 radical (unpaired) electrons. The molecule has 0 spiro atoms. The van der Waals surface area contributed by atoms with Gasteiger partial charge in [-0.2, -0.15) is 0 Å². The topological polar surface area (TPSA) is 88.5 Å².